The molecule has 4 nitrogen and oxygen atoms in total. The molecule has 4 aromatic rings. The van der Waals surface area contributed by atoms with Crippen LogP contribution in [0.1, 0.15) is 28.4 Å². The highest BCUT2D eigenvalue weighted by Crippen LogP contribution is 2.47. The van der Waals surface area contributed by atoms with Gasteiger partial charge in [0.25, 0.3) is 0 Å². The molecule has 0 saturated carbocycles. The van der Waals surface area contributed by atoms with Gasteiger partial charge in [0.05, 0.1) is 29.4 Å². The minimum atomic E-state index is 0.118. The molecule has 0 bridgehead atoms. The number of imidazole rings is 1. The molecule has 0 saturated heterocycles. The van der Waals surface area contributed by atoms with Crippen LogP contribution in [-0.2, 0) is 0 Å². The fourth-order valence-electron chi connectivity index (χ4n) is 4.98. The summed E-state index contributed by atoms with van der Waals surface area (Å²) in [6, 6.07) is 21.3. The first-order chi connectivity index (χ1) is 13.7. The maximum absolute atomic E-state index is 5.67. The fourth-order valence-corrected chi connectivity index (χ4v) is 4.98. The Morgan fingerprint density at radius 1 is 1.00 bits per heavy atom. The van der Waals surface area contributed by atoms with Crippen LogP contribution in [0, 0.1) is 6.92 Å². The number of aromatic nitrogens is 2. The molecule has 0 amide bonds. The summed E-state index contributed by atoms with van der Waals surface area (Å²) in [7, 11) is 3.90. The Morgan fingerprint density at radius 3 is 2.64 bits per heavy atom. The number of rotatable bonds is 1. The van der Waals surface area contributed by atoms with Crippen LogP contribution in [0.5, 0.6) is 5.75 Å². The van der Waals surface area contributed by atoms with Gasteiger partial charge in [-0.05, 0) is 31.2 Å². The van der Waals surface area contributed by atoms with Crippen LogP contribution >= 0.6 is 0 Å². The van der Waals surface area contributed by atoms with Crippen LogP contribution in [0.2, 0.25) is 0 Å². The van der Waals surface area contributed by atoms with Crippen molar-refractivity contribution in [2.45, 2.75) is 12.8 Å². The van der Waals surface area contributed by atoms with E-state index in [1.165, 1.54) is 33.8 Å². The van der Waals surface area contributed by atoms with Gasteiger partial charge in [0.2, 0.25) is 11.4 Å². The van der Waals surface area contributed by atoms with Crippen molar-refractivity contribution in [1.82, 2.24) is 9.55 Å². The van der Waals surface area contributed by atoms with E-state index in [-0.39, 0.29) is 5.92 Å². The van der Waals surface area contributed by atoms with Crippen LogP contribution in [-0.4, -0.2) is 34.0 Å². The van der Waals surface area contributed by atoms with Crippen LogP contribution in [0.4, 0.5) is 5.69 Å². The summed E-state index contributed by atoms with van der Waals surface area (Å²) in [5, 5.41) is 0. The van der Waals surface area contributed by atoms with E-state index in [9.17, 15) is 0 Å². The second-order valence-electron chi connectivity index (χ2n) is 7.52. The van der Waals surface area contributed by atoms with Gasteiger partial charge < -0.3 is 4.74 Å². The quantitative estimate of drug-likeness (QED) is 0.462. The van der Waals surface area contributed by atoms with E-state index in [0.717, 1.165) is 22.6 Å². The van der Waals surface area contributed by atoms with Crippen LogP contribution in [0.15, 0.2) is 60.7 Å². The monoisotopic (exact) mass is 366 g/mol. The minimum Gasteiger partial charge on any atom is -0.496 e. The number of ether oxygens (including phenoxy) is 1. The standard InChI is InChI=1S/C24H20N3O/c1-14-20(28-3)13-12-19-21(14)23-22(15-8-4-6-10-17(15)26(23)2)24-25-16-9-5-7-11-18(16)27(19)24/h4-13,22H,1-3H3/q+1. The Kier molecular flexibility index (Phi) is 2.97. The second-order valence-corrected chi connectivity index (χ2v) is 7.52. The molecular weight excluding hydrogens is 346 g/mol. The van der Waals surface area contributed by atoms with Gasteiger partial charge in [0.15, 0.2) is 0 Å². The smallest absolute Gasteiger partial charge is 0.209 e. The van der Waals surface area contributed by atoms with Crippen molar-refractivity contribution in [1.29, 1.82) is 0 Å². The Balaban J connectivity index is 1.82. The van der Waals surface area contributed by atoms with Gasteiger partial charge in [-0.3, -0.25) is 4.57 Å². The third kappa shape index (κ3) is 1.75. The molecule has 2 aliphatic rings. The number of hydrogen-bond donors (Lipinski definition) is 0. The third-order valence-electron chi connectivity index (χ3n) is 6.20. The first-order valence-corrected chi connectivity index (χ1v) is 9.56. The molecule has 0 spiro atoms. The van der Waals surface area contributed by atoms with Crippen molar-refractivity contribution in [2.75, 3.05) is 14.2 Å². The van der Waals surface area contributed by atoms with E-state index in [0.29, 0.717) is 0 Å². The summed E-state index contributed by atoms with van der Waals surface area (Å²) in [5.74, 6) is 2.12. The summed E-state index contributed by atoms with van der Waals surface area (Å²) < 4.78 is 10.3. The number of para-hydroxylation sites is 3. The number of methoxy groups -OCH3 is 1. The molecule has 6 rings (SSSR count). The van der Waals surface area contributed by atoms with Crippen molar-refractivity contribution in [2.24, 2.45) is 0 Å². The van der Waals surface area contributed by atoms with E-state index >= 15 is 0 Å². The summed E-state index contributed by atoms with van der Waals surface area (Å²) >= 11 is 0. The first-order valence-electron chi connectivity index (χ1n) is 9.56. The summed E-state index contributed by atoms with van der Waals surface area (Å²) in [6.07, 6.45) is 0. The average Bonchev–Trinajstić information content (AvgIpc) is 3.25. The first kappa shape index (κ1) is 15.6. The van der Waals surface area contributed by atoms with E-state index < -0.39 is 0 Å². The molecule has 0 radical (unpaired) electrons. The topological polar surface area (TPSA) is 30.1 Å². The SMILES string of the molecule is COc1ccc2c(c1C)C1=[N+](C)c3ccccc3C1c1nc3ccccc3n1-2. The van der Waals surface area contributed by atoms with E-state index in [4.69, 9.17) is 9.72 Å². The highest BCUT2D eigenvalue weighted by Gasteiger charge is 2.47. The lowest BCUT2D eigenvalue weighted by molar-refractivity contribution is -0.401. The van der Waals surface area contributed by atoms with Gasteiger partial charge in [-0.2, -0.15) is 4.58 Å². The zero-order valence-electron chi connectivity index (χ0n) is 16.1. The Hall–Kier alpha value is -3.40. The molecule has 1 atom stereocenters. The Labute approximate surface area is 163 Å². The lowest BCUT2D eigenvalue weighted by atomic mass is 9.85. The van der Waals surface area contributed by atoms with Gasteiger partial charge in [0, 0.05) is 17.2 Å². The maximum Gasteiger partial charge on any atom is 0.209 e. The lowest BCUT2D eigenvalue weighted by Gasteiger charge is -2.25. The van der Waals surface area contributed by atoms with E-state index in [1.807, 2.05) is 0 Å². The zero-order chi connectivity index (χ0) is 19.0. The molecular formula is C24H20N3O+. The predicted octanol–water partition coefficient (Wildman–Crippen LogP) is 4.56. The molecule has 3 aromatic carbocycles. The van der Waals surface area contributed by atoms with Crippen molar-refractivity contribution >= 4 is 22.4 Å². The van der Waals surface area contributed by atoms with Gasteiger partial charge in [-0.15, -0.1) is 0 Å². The number of nitrogens with zero attached hydrogens (tertiary/aromatic N) is 3. The Morgan fingerprint density at radius 2 is 1.79 bits per heavy atom. The number of benzene rings is 3. The molecule has 2 aliphatic heterocycles. The normalized spacial score (nSPS) is 16.6. The highest BCUT2D eigenvalue weighted by atomic mass is 16.5. The minimum absolute atomic E-state index is 0.118. The molecule has 0 N–H and O–H groups in total. The third-order valence-corrected chi connectivity index (χ3v) is 6.20. The van der Waals surface area contributed by atoms with Crippen molar-refractivity contribution in [3.8, 4) is 11.4 Å². The summed E-state index contributed by atoms with van der Waals surface area (Å²) in [5.41, 5.74) is 9.62. The van der Waals surface area contributed by atoms with Crippen molar-refractivity contribution < 1.29 is 9.31 Å². The zero-order valence-corrected chi connectivity index (χ0v) is 16.1. The van der Waals surface area contributed by atoms with Crippen LogP contribution in [0.3, 0.4) is 0 Å². The molecule has 0 aliphatic carbocycles. The molecule has 3 heterocycles. The molecule has 1 aromatic heterocycles. The predicted molar refractivity (Wildman–Crippen MR) is 111 cm³/mol. The van der Waals surface area contributed by atoms with Crippen LogP contribution < -0.4 is 4.74 Å². The van der Waals surface area contributed by atoms with Gasteiger partial charge >= 0.3 is 0 Å². The van der Waals surface area contributed by atoms with Crippen molar-refractivity contribution in [3.63, 3.8) is 0 Å². The molecule has 28 heavy (non-hydrogen) atoms. The Bertz CT molecular complexity index is 1330. The average molecular weight is 366 g/mol. The highest BCUT2D eigenvalue weighted by molar-refractivity contribution is 6.12. The summed E-state index contributed by atoms with van der Waals surface area (Å²) in [6.45, 7) is 2.16. The number of fused-ring (bicyclic) bond motifs is 10. The molecule has 4 heteroatoms. The number of hydrogen-bond acceptors (Lipinski definition) is 2. The van der Waals surface area contributed by atoms with Gasteiger partial charge in [0.1, 0.15) is 24.5 Å². The fraction of sp³-hybridized carbons (Fsp3) is 0.167. The second kappa shape index (κ2) is 5.32. The summed E-state index contributed by atoms with van der Waals surface area (Å²) in [4.78, 5) is 5.08. The lowest BCUT2D eigenvalue weighted by Crippen LogP contribution is -2.28. The van der Waals surface area contributed by atoms with E-state index in [1.54, 1.807) is 7.11 Å². The van der Waals surface area contributed by atoms with Gasteiger partial charge in [-0.1, -0.05) is 30.3 Å². The molecule has 136 valence electrons. The molecule has 1 unspecified atom stereocenters. The van der Waals surface area contributed by atoms with E-state index in [2.05, 4.69) is 83.8 Å². The van der Waals surface area contributed by atoms with Crippen LogP contribution in [0.25, 0.3) is 16.7 Å². The maximum atomic E-state index is 5.67. The largest absolute Gasteiger partial charge is 0.496 e. The molecule has 0 fully saturated rings. The van der Waals surface area contributed by atoms with Crippen molar-refractivity contribution in [3.05, 3.63) is 83.2 Å². The van der Waals surface area contributed by atoms with Gasteiger partial charge in [-0.25, -0.2) is 4.98 Å².